The Bertz CT molecular complexity index is 800. The smallest absolute Gasteiger partial charge is 0.195 e. The summed E-state index contributed by atoms with van der Waals surface area (Å²) in [5.74, 6) is -0.763. The molecule has 4 nitrogen and oxygen atoms in total. The molecule has 2 aromatic heterocycles. The fourth-order valence-electron chi connectivity index (χ4n) is 2.13. The number of rotatable bonds is 2. The highest BCUT2D eigenvalue weighted by molar-refractivity contribution is 6.16. The van der Waals surface area contributed by atoms with E-state index in [2.05, 4.69) is 9.97 Å². The molecule has 0 amide bonds. The van der Waals surface area contributed by atoms with Gasteiger partial charge in [-0.25, -0.2) is 9.37 Å². The molecule has 0 unspecified atom stereocenters. The Morgan fingerprint density at radius 2 is 2.20 bits per heavy atom. The van der Waals surface area contributed by atoms with Crippen LogP contribution in [0.4, 0.5) is 10.1 Å². The van der Waals surface area contributed by atoms with E-state index in [1.807, 2.05) is 0 Å². The Morgan fingerprint density at radius 3 is 2.95 bits per heavy atom. The molecule has 5 heteroatoms. The van der Waals surface area contributed by atoms with Gasteiger partial charge in [-0.15, -0.1) is 0 Å². The normalized spacial score (nSPS) is 10.9. The van der Waals surface area contributed by atoms with Crippen molar-refractivity contribution < 1.29 is 9.18 Å². The van der Waals surface area contributed by atoms with Crippen molar-refractivity contribution in [3.8, 4) is 0 Å². The maximum Gasteiger partial charge on any atom is 0.195 e. The minimum atomic E-state index is -0.480. The number of pyridine rings is 1. The van der Waals surface area contributed by atoms with E-state index in [-0.39, 0.29) is 17.0 Å². The zero-order valence-electron chi connectivity index (χ0n) is 10.8. The Morgan fingerprint density at radius 1 is 1.40 bits per heavy atom. The fraction of sp³-hybridized carbons (Fsp3) is 0.0667. The van der Waals surface area contributed by atoms with Crippen molar-refractivity contribution >= 4 is 22.5 Å². The molecular formula is C15H12FN3O. The number of nitrogens with one attached hydrogen (secondary N) is 1. The number of nitrogens with two attached hydrogens (primary N) is 1. The molecule has 3 rings (SSSR count). The lowest BCUT2D eigenvalue weighted by Crippen LogP contribution is -2.04. The first kappa shape index (κ1) is 12.3. The van der Waals surface area contributed by atoms with Crippen LogP contribution in [0.25, 0.3) is 11.0 Å². The second kappa shape index (κ2) is 4.45. The van der Waals surface area contributed by atoms with E-state index in [4.69, 9.17) is 5.73 Å². The molecule has 0 spiro atoms. The van der Waals surface area contributed by atoms with Crippen LogP contribution in [0.3, 0.4) is 0 Å². The van der Waals surface area contributed by atoms with Gasteiger partial charge < -0.3 is 10.7 Å². The largest absolute Gasteiger partial charge is 0.398 e. The monoisotopic (exact) mass is 269 g/mol. The average molecular weight is 269 g/mol. The summed E-state index contributed by atoms with van der Waals surface area (Å²) >= 11 is 0. The minimum absolute atomic E-state index is 0.232. The Kier molecular flexibility index (Phi) is 2.75. The van der Waals surface area contributed by atoms with Crippen molar-refractivity contribution in [2.24, 2.45) is 0 Å². The molecule has 0 saturated heterocycles. The lowest BCUT2D eigenvalue weighted by molar-refractivity contribution is 0.104. The minimum Gasteiger partial charge on any atom is -0.398 e. The maximum atomic E-state index is 13.7. The van der Waals surface area contributed by atoms with Crippen LogP contribution >= 0.6 is 0 Å². The van der Waals surface area contributed by atoms with E-state index in [1.54, 1.807) is 31.5 Å². The van der Waals surface area contributed by atoms with Crippen LogP contribution in [0.2, 0.25) is 0 Å². The van der Waals surface area contributed by atoms with Gasteiger partial charge in [-0.2, -0.15) is 0 Å². The van der Waals surface area contributed by atoms with Crippen LogP contribution in [-0.4, -0.2) is 15.8 Å². The van der Waals surface area contributed by atoms with E-state index in [9.17, 15) is 9.18 Å². The van der Waals surface area contributed by atoms with Crippen LogP contribution in [-0.2, 0) is 0 Å². The number of carbonyl (C=O) groups excluding carboxylic acids is 1. The first-order valence-electron chi connectivity index (χ1n) is 6.10. The number of H-pyrrole nitrogens is 1. The summed E-state index contributed by atoms with van der Waals surface area (Å²) in [6.07, 6.45) is 3.21. The second-order valence-electron chi connectivity index (χ2n) is 4.60. The lowest BCUT2D eigenvalue weighted by atomic mass is 10.0. The van der Waals surface area contributed by atoms with Crippen molar-refractivity contribution in [3.05, 3.63) is 59.2 Å². The van der Waals surface area contributed by atoms with Gasteiger partial charge in [0.15, 0.2) is 5.78 Å². The topological polar surface area (TPSA) is 71.8 Å². The number of hydrogen-bond acceptors (Lipinski definition) is 3. The lowest BCUT2D eigenvalue weighted by Gasteiger charge is -2.05. The van der Waals surface area contributed by atoms with Gasteiger partial charge in [0.2, 0.25) is 0 Å². The van der Waals surface area contributed by atoms with Crippen LogP contribution < -0.4 is 5.73 Å². The van der Waals surface area contributed by atoms with Crippen LogP contribution in [0, 0.1) is 12.7 Å². The first-order valence-corrected chi connectivity index (χ1v) is 6.10. The van der Waals surface area contributed by atoms with Crippen molar-refractivity contribution in [3.63, 3.8) is 0 Å². The number of ketones is 1. The highest BCUT2D eigenvalue weighted by Crippen LogP contribution is 2.23. The number of halogens is 1. The van der Waals surface area contributed by atoms with Gasteiger partial charge in [-0.05, 0) is 31.2 Å². The van der Waals surface area contributed by atoms with Gasteiger partial charge in [0.05, 0.1) is 0 Å². The molecule has 0 aliphatic heterocycles. The predicted octanol–water partition coefficient (Wildman–Crippen LogP) is 2.82. The summed E-state index contributed by atoms with van der Waals surface area (Å²) in [7, 11) is 0. The van der Waals surface area contributed by atoms with Gasteiger partial charge >= 0.3 is 0 Å². The summed E-state index contributed by atoms with van der Waals surface area (Å²) in [5, 5.41) is 0.706. The third-order valence-electron chi connectivity index (χ3n) is 3.34. The van der Waals surface area contributed by atoms with Crippen LogP contribution in [0.5, 0.6) is 0 Å². The number of aromatic nitrogens is 2. The number of aromatic amines is 1. The SMILES string of the molecule is Cc1c(N)cc(C(=O)c2c[nH]c3ncccc23)cc1F. The standard InChI is InChI=1S/C15H12FN3O/c1-8-12(16)5-9(6-13(8)17)14(20)11-7-19-15-10(11)3-2-4-18-15/h2-7H,17H2,1H3,(H,18,19). The Balaban J connectivity index is 2.13. The molecular weight excluding hydrogens is 257 g/mol. The van der Waals surface area contributed by atoms with E-state index in [1.165, 1.54) is 12.1 Å². The molecule has 0 saturated carbocycles. The molecule has 3 N–H and O–H groups in total. The average Bonchev–Trinajstić information content (AvgIpc) is 2.87. The van der Waals surface area contributed by atoms with Crippen molar-refractivity contribution in [2.75, 3.05) is 5.73 Å². The Hall–Kier alpha value is -2.69. The third-order valence-corrected chi connectivity index (χ3v) is 3.34. The van der Waals surface area contributed by atoms with Gasteiger partial charge in [0.1, 0.15) is 11.5 Å². The molecule has 0 radical (unpaired) electrons. The van der Waals surface area contributed by atoms with Crippen molar-refractivity contribution in [2.45, 2.75) is 6.92 Å². The molecule has 0 aliphatic rings. The van der Waals surface area contributed by atoms with E-state index in [0.29, 0.717) is 22.2 Å². The molecule has 1 aromatic carbocycles. The molecule has 3 aromatic rings. The first-order chi connectivity index (χ1) is 9.58. The fourth-order valence-corrected chi connectivity index (χ4v) is 2.13. The number of nitrogen functional groups attached to an aromatic ring is 1. The summed E-state index contributed by atoms with van der Waals surface area (Å²) in [4.78, 5) is 19.5. The van der Waals surface area contributed by atoms with E-state index >= 15 is 0 Å². The number of benzene rings is 1. The van der Waals surface area contributed by atoms with E-state index < -0.39 is 5.82 Å². The molecule has 100 valence electrons. The summed E-state index contributed by atoms with van der Waals surface area (Å²) < 4.78 is 13.7. The Labute approximate surface area is 114 Å². The molecule has 0 aliphatic carbocycles. The summed E-state index contributed by atoms with van der Waals surface area (Å²) in [6.45, 7) is 1.58. The number of nitrogens with zero attached hydrogens (tertiary/aromatic N) is 1. The number of hydrogen-bond donors (Lipinski definition) is 2. The summed E-state index contributed by atoms with van der Waals surface area (Å²) in [5.41, 5.74) is 7.64. The quantitative estimate of drug-likeness (QED) is 0.555. The molecule has 0 atom stereocenters. The van der Waals surface area contributed by atoms with Crippen LogP contribution in [0.1, 0.15) is 21.5 Å². The van der Waals surface area contributed by atoms with Crippen LogP contribution in [0.15, 0.2) is 36.7 Å². The molecule has 20 heavy (non-hydrogen) atoms. The zero-order chi connectivity index (χ0) is 14.3. The highest BCUT2D eigenvalue weighted by atomic mass is 19.1. The summed E-state index contributed by atoms with van der Waals surface area (Å²) in [6, 6.07) is 6.25. The highest BCUT2D eigenvalue weighted by Gasteiger charge is 2.16. The van der Waals surface area contributed by atoms with Crippen molar-refractivity contribution in [1.82, 2.24) is 9.97 Å². The zero-order valence-corrected chi connectivity index (χ0v) is 10.8. The third kappa shape index (κ3) is 1.84. The van der Waals surface area contributed by atoms with Gasteiger partial charge in [0, 0.05) is 40.2 Å². The maximum absolute atomic E-state index is 13.7. The number of anilines is 1. The number of carbonyl (C=O) groups is 1. The van der Waals surface area contributed by atoms with Gasteiger partial charge in [-0.3, -0.25) is 4.79 Å². The van der Waals surface area contributed by atoms with E-state index in [0.717, 1.165) is 0 Å². The molecule has 0 fully saturated rings. The second-order valence-corrected chi connectivity index (χ2v) is 4.60. The van der Waals surface area contributed by atoms with Gasteiger partial charge in [0.25, 0.3) is 0 Å². The predicted molar refractivity (Wildman–Crippen MR) is 75.1 cm³/mol. The van der Waals surface area contributed by atoms with Gasteiger partial charge in [-0.1, -0.05) is 0 Å². The van der Waals surface area contributed by atoms with Crippen molar-refractivity contribution in [1.29, 1.82) is 0 Å². The number of fused-ring (bicyclic) bond motifs is 1. The molecule has 0 bridgehead atoms. The molecule has 2 heterocycles.